The Kier molecular flexibility index (Phi) is 3.66. The van der Waals surface area contributed by atoms with Crippen molar-refractivity contribution >= 4 is 28.7 Å². The van der Waals surface area contributed by atoms with E-state index in [9.17, 15) is 4.79 Å². The number of nitrogen functional groups attached to an aromatic ring is 1. The molecule has 100 valence electrons. The average Bonchev–Trinajstić information content (AvgIpc) is 2.74. The topological polar surface area (TPSA) is 98.1 Å². The molecule has 0 aliphatic carbocycles. The number of anilines is 2. The molecule has 2 aromatic rings. The fourth-order valence-electron chi connectivity index (χ4n) is 1.77. The third-order valence-corrected chi connectivity index (χ3v) is 3.47. The van der Waals surface area contributed by atoms with E-state index >= 15 is 0 Å². The van der Waals surface area contributed by atoms with Gasteiger partial charge in [-0.2, -0.15) is 0 Å². The zero-order valence-corrected chi connectivity index (χ0v) is 11.6. The lowest BCUT2D eigenvalue weighted by molar-refractivity contribution is 0.100. The van der Waals surface area contributed by atoms with Gasteiger partial charge in [-0.3, -0.25) is 4.79 Å². The lowest BCUT2D eigenvalue weighted by Gasteiger charge is -2.20. The van der Waals surface area contributed by atoms with E-state index in [0.29, 0.717) is 17.8 Å². The summed E-state index contributed by atoms with van der Waals surface area (Å²) in [7, 11) is 1.86. The number of hydrogen-bond donors (Lipinski definition) is 2. The zero-order valence-electron chi connectivity index (χ0n) is 10.8. The number of nitrogens with zero attached hydrogens (tertiary/aromatic N) is 3. The number of rotatable bonds is 4. The molecule has 2 rings (SSSR count). The van der Waals surface area contributed by atoms with Crippen LogP contribution >= 0.6 is 11.3 Å². The number of thiazole rings is 1. The summed E-state index contributed by atoms with van der Waals surface area (Å²) in [5.41, 5.74) is 12.9. The van der Waals surface area contributed by atoms with E-state index in [4.69, 9.17) is 11.5 Å². The number of aryl methyl sites for hydroxylation is 1. The number of amides is 1. The second kappa shape index (κ2) is 5.23. The first-order valence-corrected chi connectivity index (χ1v) is 6.53. The van der Waals surface area contributed by atoms with Crippen molar-refractivity contribution in [3.8, 4) is 0 Å². The van der Waals surface area contributed by atoms with Crippen molar-refractivity contribution < 1.29 is 4.79 Å². The molecule has 0 bridgehead atoms. The van der Waals surface area contributed by atoms with Gasteiger partial charge in [-0.25, -0.2) is 9.97 Å². The van der Waals surface area contributed by atoms with Crippen LogP contribution in [0.4, 0.5) is 11.5 Å². The van der Waals surface area contributed by atoms with Crippen LogP contribution in [0.15, 0.2) is 17.6 Å². The fourth-order valence-corrected chi connectivity index (χ4v) is 2.38. The largest absolute Gasteiger partial charge is 0.384 e. The highest BCUT2D eigenvalue weighted by Gasteiger charge is 2.14. The van der Waals surface area contributed by atoms with E-state index in [2.05, 4.69) is 9.97 Å². The molecule has 2 aromatic heterocycles. The summed E-state index contributed by atoms with van der Waals surface area (Å²) in [4.78, 5) is 21.7. The maximum Gasteiger partial charge on any atom is 0.251 e. The van der Waals surface area contributed by atoms with Gasteiger partial charge in [0.15, 0.2) is 0 Å². The molecule has 2 heterocycles. The molecule has 0 unspecified atom stereocenters. The summed E-state index contributed by atoms with van der Waals surface area (Å²) >= 11 is 1.59. The van der Waals surface area contributed by atoms with E-state index in [1.807, 2.05) is 24.3 Å². The van der Waals surface area contributed by atoms with Gasteiger partial charge < -0.3 is 16.4 Å². The summed E-state index contributed by atoms with van der Waals surface area (Å²) in [6.07, 6.45) is 1.55. The van der Waals surface area contributed by atoms with Gasteiger partial charge in [-0.15, -0.1) is 11.3 Å². The van der Waals surface area contributed by atoms with Crippen LogP contribution in [0.1, 0.15) is 21.1 Å². The minimum absolute atomic E-state index is 0.274. The van der Waals surface area contributed by atoms with E-state index < -0.39 is 5.91 Å². The number of primary amides is 1. The van der Waals surface area contributed by atoms with Crippen LogP contribution in [0.5, 0.6) is 0 Å². The highest BCUT2D eigenvalue weighted by atomic mass is 32.1. The van der Waals surface area contributed by atoms with Crippen LogP contribution in [0, 0.1) is 6.92 Å². The summed E-state index contributed by atoms with van der Waals surface area (Å²) in [5, 5.41) is 2.99. The van der Waals surface area contributed by atoms with Gasteiger partial charge in [0.25, 0.3) is 5.91 Å². The molecule has 7 heteroatoms. The number of nitrogens with two attached hydrogens (primary N) is 2. The minimum atomic E-state index is -0.523. The maximum absolute atomic E-state index is 11.4. The Morgan fingerprint density at radius 1 is 1.53 bits per heavy atom. The van der Waals surface area contributed by atoms with Crippen molar-refractivity contribution in [2.24, 2.45) is 5.73 Å². The summed E-state index contributed by atoms with van der Waals surface area (Å²) < 4.78 is 0. The average molecular weight is 277 g/mol. The first-order valence-electron chi connectivity index (χ1n) is 5.65. The molecule has 0 aromatic carbocycles. The van der Waals surface area contributed by atoms with Crippen molar-refractivity contribution in [2.45, 2.75) is 13.5 Å². The third-order valence-electron chi connectivity index (χ3n) is 2.65. The molecular formula is C12H15N5OS. The van der Waals surface area contributed by atoms with Crippen molar-refractivity contribution in [3.05, 3.63) is 33.9 Å². The van der Waals surface area contributed by atoms with Gasteiger partial charge in [0, 0.05) is 12.4 Å². The summed E-state index contributed by atoms with van der Waals surface area (Å²) in [6.45, 7) is 2.53. The molecule has 1 amide bonds. The Morgan fingerprint density at radius 2 is 2.26 bits per heavy atom. The van der Waals surface area contributed by atoms with Crippen LogP contribution < -0.4 is 16.4 Å². The second-order valence-corrected chi connectivity index (χ2v) is 5.27. The standard InChI is InChI=1S/C12H15N5OS/c1-7-16-8(6-19-7)5-17(2)10-4-15-11(13)3-9(10)12(14)18/h3-4,6H,5H2,1-2H3,(H2,13,15)(H2,14,18). The van der Waals surface area contributed by atoms with E-state index in [1.54, 1.807) is 17.5 Å². The quantitative estimate of drug-likeness (QED) is 0.874. The molecule has 19 heavy (non-hydrogen) atoms. The SMILES string of the molecule is Cc1nc(CN(C)c2cnc(N)cc2C(N)=O)cs1. The summed E-state index contributed by atoms with van der Waals surface area (Å²) in [6, 6.07) is 1.49. The van der Waals surface area contributed by atoms with Crippen LogP contribution in [-0.2, 0) is 6.54 Å². The Morgan fingerprint density at radius 3 is 2.84 bits per heavy atom. The zero-order chi connectivity index (χ0) is 14.0. The van der Waals surface area contributed by atoms with E-state index in [-0.39, 0.29) is 5.82 Å². The first kappa shape index (κ1) is 13.3. The van der Waals surface area contributed by atoms with Crippen LogP contribution in [0.2, 0.25) is 0 Å². The normalized spacial score (nSPS) is 10.4. The molecular weight excluding hydrogens is 262 g/mol. The van der Waals surface area contributed by atoms with Gasteiger partial charge in [-0.05, 0) is 13.0 Å². The van der Waals surface area contributed by atoms with E-state index in [0.717, 1.165) is 10.7 Å². The fraction of sp³-hybridized carbons (Fsp3) is 0.250. The van der Waals surface area contributed by atoms with Crippen LogP contribution in [0.3, 0.4) is 0 Å². The van der Waals surface area contributed by atoms with Crippen LogP contribution in [-0.4, -0.2) is 22.9 Å². The number of aromatic nitrogens is 2. The van der Waals surface area contributed by atoms with Crippen molar-refractivity contribution in [3.63, 3.8) is 0 Å². The molecule has 4 N–H and O–H groups in total. The number of carbonyl (C=O) groups excluding carboxylic acids is 1. The molecule has 0 aliphatic heterocycles. The molecule has 0 spiro atoms. The van der Waals surface area contributed by atoms with E-state index in [1.165, 1.54) is 6.07 Å². The molecule has 0 saturated heterocycles. The Balaban J connectivity index is 2.28. The second-order valence-electron chi connectivity index (χ2n) is 4.20. The lowest BCUT2D eigenvalue weighted by atomic mass is 10.2. The molecule has 0 atom stereocenters. The monoisotopic (exact) mass is 277 g/mol. The van der Waals surface area contributed by atoms with Gasteiger partial charge in [0.2, 0.25) is 0 Å². The number of hydrogen-bond acceptors (Lipinski definition) is 6. The number of pyridine rings is 1. The van der Waals surface area contributed by atoms with Crippen molar-refractivity contribution in [2.75, 3.05) is 17.7 Å². The summed E-state index contributed by atoms with van der Waals surface area (Å²) in [5.74, 6) is -0.249. The molecule has 6 nitrogen and oxygen atoms in total. The Labute approximate surface area is 115 Å². The van der Waals surface area contributed by atoms with Crippen molar-refractivity contribution in [1.82, 2.24) is 9.97 Å². The molecule has 0 radical (unpaired) electrons. The highest BCUT2D eigenvalue weighted by molar-refractivity contribution is 7.09. The lowest BCUT2D eigenvalue weighted by Crippen LogP contribution is -2.22. The predicted octanol–water partition coefficient (Wildman–Crippen LogP) is 1.16. The van der Waals surface area contributed by atoms with Gasteiger partial charge >= 0.3 is 0 Å². The van der Waals surface area contributed by atoms with Gasteiger partial charge in [-0.1, -0.05) is 0 Å². The van der Waals surface area contributed by atoms with Gasteiger partial charge in [0.05, 0.1) is 34.7 Å². The van der Waals surface area contributed by atoms with Gasteiger partial charge in [0.1, 0.15) is 5.82 Å². The molecule has 0 fully saturated rings. The van der Waals surface area contributed by atoms with Crippen molar-refractivity contribution in [1.29, 1.82) is 0 Å². The highest BCUT2D eigenvalue weighted by Crippen LogP contribution is 2.22. The Hall–Kier alpha value is -2.15. The Bertz CT molecular complexity index is 610. The minimum Gasteiger partial charge on any atom is -0.384 e. The predicted molar refractivity (Wildman–Crippen MR) is 76.1 cm³/mol. The smallest absolute Gasteiger partial charge is 0.251 e. The first-order chi connectivity index (χ1) is 8.97. The molecule has 0 aliphatic rings. The van der Waals surface area contributed by atoms with Crippen LogP contribution in [0.25, 0.3) is 0 Å². The third kappa shape index (κ3) is 3.00. The molecule has 0 saturated carbocycles. The number of carbonyl (C=O) groups is 1. The maximum atomic E-state index is 11.4.